The first kappa shape index (κ1) is 15.7. The number of nitrogens with zero attached hydrogens (tertiary/aromatic N) is 3. The molecule has 2 aromatic rings. The van der Waals surface area contributed by atoms with Gasteiger partial charge in [0.05, 0.1) is 7.11 Å². The number of ether oxygens (including phenoxy) is 1. The number of likely N-dealkylation sites (tertiary alicyclic amines) is 1. The molecule has 0 saturated carbocycles. The summed E-state index contributed by atoms with van der Waals surface area (Å²) in [7, 11) is 1.72. The Hall–Kier alpha value is -2.14. The van der Waals surface area contributed by atoms with E-state index in [1.54, 1.807) is 13.4 Å². The van der Waals surface area contributed by atoms with E-state index in [1.807, 2.05) is 6.08 Å². The van der Waals surface area contributed by atoms with E-state index in [-0.39, 0.29) is 0 Å². The lowest BCUT2D eigenvalue weighted by Gasteiger charge is -2.31. The van der Waals surface area contributed by atoms with Crippen LogP contribution in [0.4, 0.5) is 0 Å². The summed E-state index contributed by atoms with van der Waals surface area (Å²) in [6.45, 7) is 7.00. The molecule has 2 heterocycles. The van der Waals surface area contributed by atoms with Gasteiger partial charge >= 0.3 is 0 Å². The smallest absolute Gasteiger partial charge is 0.137 e. The molecular formula is C18H24N4O. The number of aromatic amines is 1. The third-order valence-electron chi connectivity index (χ3n) is 4.52. The SMILES string of the molecule is C=CCc1cc(CN2CCC(c3ncn[nH]3)CC2)ccc1OC. The molecule has 0 amide bonds. The fourth-order valence-corrected chi connectivity index (χ4v) is 3.28. The molecule has 0 aliphatic carbocycles. The summed E-state index contributed by atoms with van der Waals surface area (Å²) in [5.41, 5.74) is 2.54. The van der Waals surface area contributed by atoms with Crippen molar-refractivity contribution in [3.8, 4) is 5.75 Å². The highest BCUT2D eigenvalue weighted by Crippen LogP contribution is 2.27. The number of H-pyrrole nitrogens is 1. The molecule has 0 spiro atoms. The van der Waals surface area contributed by atoms with E-state index in [9.17, 15) is 0 Å². The van der Waals surface area contributed by atoms with E-state index < -0.39 is 0 Å². The van der Waals surface area contributed by atoms with Crippen LogP contribution in [-0.2, 0) is 13.0 Å². The monoisotopic (exact) mass is 312 g/mol. The molecule has 0 radical (unpaired) electrons. The van der Waals surface area contributed by atoms with Gasteiger partial charge in [-0.15, -0.1) is 6.58 Å². The van der Waals surface area contributed by atoms with Crippen molar-refractivity contribution >= 4 is 0 Å². The van der Waals surface area contributed by atoms with E-state index in [0.29, 0.717) is 5.92 Å². The number of hydrogen-bond acceptors (Lipinski definition) is 4. The third kappa shape index (κ3) is 3.79. The standard InChI is InChI=1S/C18H24N4O/c1-3-4-16-11-14(5-6-17(16)23-2)12-22-9-7-15(8-10-22)18-19-13-20-21-18/h3,5-6,11,13,15H,1,4,7-10,12H2,2H3,(H,19,20,21). The van der Waals surface area contributed by atoms with Crippen LogP contribution in [0.15, 0.2) is 37.2 Å². The van der Waals surface area contributed by atoms with Gasteiger partial charge in [-0.1, -0.05) is 18.2 Å². The van der Waals surface area contributed by atoms with Crippen LogP contribution in [0.1, 0.15) is 35.7 Å². The zero-order chi connectivity index (χ0) is 16.1. The van der Waals surface area contributed by atoms with Crippen LogP contribution in [0.5, 0.6) is 5.75 Å². The van der Waals surface area contributed by atoms with Gasteiger partial charge < -0.3 is 4.74 Å². The zero-order valence-electron chi connectivity index (χ0n) is 13.7. The minimum Gasteiger partial charge on any atom is -0.496 e. The maximum absolute atomic E-state index is 5.42. The molecule has 1 saturated heterocycles. The first-order chi connectivity index (χ1) is 11.3. The number of nitrogens with one attached hydrogen (secondary N) is 1. The summed E-state index contributed by atoms with van der Waals surface area (Å²) in [5.74, 6) is 2.49. The van der Waals surface area contributed by atoms with Crippen molar-refractivity contribution in [1.82, 2.24) is 20.1 Å². The van der Waals surface area contributed by atoms with Gasteiger partial charge in [0.25, 0.3) is 0 Å². The van der Waals surface area contributed by atoms with Crippen molar-refractivity contribution < 1.29 is 4.74 Å². The van der Waals surface area contributed by atoms with Crippen molar-refractivity contribution in [2.75, 3.05) is 20.2 Å². The molecule has 5 heteroatoms. The van der Waals surface area contributed by atoms with Gasteiger partial charge in [0, 0.05) is 12.5 Å². The molecule has 5 nitrogen and oxygen atoms in total. The zero-order valence-corrected chi connectivity index (χ0v) is 13.7. The van der Waals surface area contributed by atoms with Gasteiger partial charge in [0.2, 0.25) is 0 Å². The summed E-state index contributed by atoms with van der Waals surface area (Å²) >= 11 is 0. The normalized spacial score (nSPS) is 16.4. The molecule has 1 aromatic carbocycles. The number of benzene rings is 1. The highest BCUT2D eigenvalue weighted by atomic mass is 16.5. The fraction of sp³-hybridized carbons (Fsp3) is 0.444. The van der Waals surface area contributed by atoms with Crippen molar-refractivity contribution in [1.29, 1.82) is 0 Å². The minimum absolute atomic E-state index is 0.515. The Morgan fingerprint density at radius 2 is 2.22 bits per heavy atom. The van der Waals surface area contributed by atoms with Crippen LogP contribution in [0, 0.1) is 0 Å². The van der Waals surface area contributed by atoms with Gasteiger partial charge in [-0.2, -0.15) is 5.10 Å². The average Bonchev–Trinajstić information content (AvgIpc) is 3.11. The Morgan fingerprint density at radius 1 is 1.39 bits per heavy atom. The van der Waals surface area contributed by atoms with E-state index in [2.05, 4.69) is 44.9 Å². The Bertz CT molecular complexity index is 630. The number of piperidine rings is 1. The topological polar surface area (TPSA) is 54.0 Å². The quantitative estimate of drug-likeness (QED) is 0.833. The molecule has 1 aliphatic rings. The van der Waals surface area contributed by atoms with Crippen LogP contribution in [-0.4, -0.2) is 40.3 Å². The van der Waals surface area contributed by atoms with Crippen molar-refractivity contribution in [2.24, 2.45) is 0 Å². The first-order valence-corrected chi connectivity index (χ1v) is 8.14. The summed E-state index contributed by atoms with van der Waals surface area (Å²) in [6, 6.07) is 6.46. The highest BCUT2D eigenvalue weighted by molar-refractivity contribution is 5.38. The fourth-order valence-electron chi connectivity index (χ4n) is 3.28. The predicted molar refractivity (Wildman–Crippen MR) is 90.5 cm³/mol. The number of aromatic nitrogens is 3. The van der Waals surface area contributed by atoms with Crippen molar-refractivity contribution in [3.63, 3.8) is 0 Å². The van der Waals surface area contributed by atoms with Gasteiger partial charge in [0.15, 0.2) is 0 Å². The Kier molecular flexibility index (Phi) is 5.08. The minimum atomic E-state index is 0.515. The molecule has 1 aliphatic heterocycles. The molecule has 0 bridgehead atoms. The van der Waals surface area contributed by atoms with Crippen LogP contribution >= 0.6 is 0 Å². The van der Waals surface area contributed by atoms with Crippen LogP contribution in [0.2, 0.25) is 0 Å². The lowest BCUT2D eigenvalue weighted by molar-refractivity contribution is 0.202. The molecule has 3 rings (SSSR count). The second-order valence-electron chi connectivity index (χ2n) is 6.06. The van der Waals surface area contributed by atoms with Gasteiger partial charge in [-0.25, -0.2) is 4.98 Å². The van der Waals surface area contributed by atoms with E-state index in [1.165, 1.54) is 11.1 Å². The van der Waals surface area contributed by atoms with E-state index >= 15 is 0 Å². The molecular weight excluding hydrogens is 288 g/mol. The van der Waals surface area contributed by atoms with Crippen LogP contribution in [0.25, 0.3) is 0 Å². The van der Waals surface area contributed by atoms with Crippen LogP contribution < -0.4 is 4.74 Å². The lowest BCUT2D eigenvalue weighted by atomic mass is 9.95. The van der Waals surface area contributed by atoms with Gasteiger partial charge in [0.1, 0.15) is 17.9 Å². The average molecular weight is 312 g/mol. The second kappa shape index (κ2) is 7.42. The largest absolute Gasteiger partial charge is 0.496 e. The Balaban J connectivity index is 1.60. The third-order valence-corrected chi connectivity index (χ3v) is 4.52. The number of hydrogen-bond donors (Lipinski definition) is 1. The van der Waals surface area contributed by atoms with Gasteiger partial charge in [-0.05, 0) is 49.5 Å². The first-order valence-electron chi connectivity index (χ1n) is 8.14. The molecule has 23 heavy (non-hydrogen) atoms. The van der Waals surface area contributed by atoms with Crippen molar-refractivity contribution in [3.05, 3.63) is 54.1 Å². The Labute approximate surface area is 137 Å². The van der Waals surface area contributed by atoms with E-state index in [4.69, 9.17) is 4.74 Å². The molecule has 0 atom stereocenters. The second-order valence-corrected chi connectivity index (χ2v) is 6.06. The predicted octanol–water partition coefficient (Wildman–Crippen LogP) is 2.92. The highest BCUT2D eigenvalue weighted by Gasteiger charge is 2.22. The maximum Gasteiger partial charge on any atom is 0.137 e. The molecule has 1 aromatic heterocycles. The van der Waals surface area contributed by atoms with Crippen LogP contribution in [0.3, 0.4) is 0 Å². The maximum atomic E-state index is 5.42. The number of methoxy groups -OCH3 is 1. The van der Waals surface area contributed by atoms with Gasteiger partial charge in [-0.3, -0.25) is 10.00 Å². The summed E-state index contributed by atoms with van der Waals surface area (Å²) < 4.78 is 5.42. The molecule has 0 unspecified atom stereocenters. The summed E-state index contributed by atoms with van der Waals surface area (Å²) in [4.78, 5) is 6.80. The number of rotatable bonds is 6. The molecule has 1 fully saturated rings. The number of allylic oxidation sites excluding steroid dienone is 1. The Morgan fingerprint density at radius 3 is 2.87 bits per heavy atom. The van der Waals surface area contributed by atoms with Crippen molar-refractivity contribution in [2.45, 2.75) is 31.7 Å². The van der Waals surface area contributed by atoms with E-state index in [0.717, 1.165) is 50.5 Å². The summed E-state index contributed by atoms with van der Waals surface area (Å²) in [6.07, 6.45) is 6.62. The molecule has 1 N–H and O–H groups in total. The summed E-state index contributed by atoms with van der Waals surface area (Å²) in [5, 5.41) is 6.96. The molecule has 122 valence electrons. The lowest BCUT2D eigenvalue weighted by Crippen LogP contribution is -2.32.